The molecule has 27 heavy (non-hydrogen) atoms. The summed E-state index contributed by atoms with van der Waals surface area (Å²) in [6.45, 7) is 3.97. The molecule has 2 aromatic carbocycles. The standard InChI is InChI=1S/C21H22N4O2/c1-13(2)27-16-9-7-15(8-10-16)25-21(22)17(12-23-25)20(26)19-11-14-5-3-4-6-18(14)24-19/h3-13,20,24,26H,22H2,1-2H3. The third-order valence-corrected chi connectivity index (χ3v) is 4.43. The highest BCUT2D eigenvalue weighted by Gasteiger charge is 2.20. The van der Waals surface area contributed by atoms with Gasteiger partial charge in [0.15, 0.2) is 0 Å². The van der Waals surface area contributed by atoms with Crippen molar-refractivity contribution >= 4 is 16.7 Å². The van der Waals surface area contributed by atoms with E-state index in [1.165, 1.54) is 0 Å². The lowest BCUT2D eigenvalue weighted by molar-refractivity contribution is 0.217. The van der Waals surface area contributed by atoms with Crippen molar-refractivity contribution in [3.63, 3.8) is 0 Å². The van der Waals surface area contributed by atoms with Crippen molar-refractivity contribution in [2.45, 2.75) is 26.1 Å². The highest BCUT2D eigenvalue weighted by molar-refractivity contribution is 5.80. The van der Waals surface area contributed by atoms with Gasteiger partial charge in [-0.3, -0.25) is 0 Å². The zero-order valence-electron chi connectivity index (χ0n) is 15.3. The van der Waals surface area contributed by atoms with Crippen LogP contribution < -0.4 is 10.5 Å². The number of hydrogen-bond acceptors (Lipinski definition) is 4. The molecule has 4 aromatic rings. The number of nitrogens with one attached hydrogen (secondary N) is 1. The minimum absolute atomic E-state index is 0.115. The first-order valence-electron chi connectivity index (χ1n) is 8.89. The Morgan fingerprint density at radius 3 is 2.56 bits per heavy atom. The van der Waals surface area contributed by atoms with Gasteiger partial charge in [-0.05, 0) is 55.6 Å². The van der Waals surface area contributed by atoms with Gasteiger partial charge in [0.1, 0.15) is 17.7 Å². The van der Waals surface area contributed by atoms with E-state index in [0.29, 0.717) is 17.1 Å². The first kappa shape index (κ1) is 17.2. The van der Waals surface area contributed by atoms with Gasteiger partial charge in [-0.15, -0.1) is 0 Å². The number of para-hydroxylation sites is 1. The lowest BCUT2D eigenvalue weighted by Gasteiger charge is -2.11. The number of benzene rings is 2. The third kappa shape index (κ3) is 3.27. The largest absolute Gasteiger partial charge is 0.491 e. The van der Waals surface area contributed by atoms with E-state index < -0.39 is 6.10 Å². The van der Waals surface area contributed by atoms with Crippen molar-refractivity contribution in [3.8, 4) is 11.4 Å². The fraction of sp³-hybridized carbons (Fsp3) is 0.190. The highest BCUT2D eigenvalue weighted by atomic mass is 16.5. The molecule has 0 saturated heterocycles. The van der Waals surface area contributed by atoms with Crippen LogP contribution in [0.25, 0.3) is 16.6 Å². The van der Waals surface area contributed by atoms with E-state index in [9.17, 15) is 5.11 Å². The number of ether oxygens (including phenoxy) is 1. The molecule has 4 N–H and O–H groups in total. The summed E-state index contributed by atoms with van der Waals surface area (Å²) in [6.07, 6.45) is 0.836. The Morgan fingerprint density at radius 1 is 1.11 bits per heavy atom. The molecular weight excluding hydrogens is 340 g/mol. The number of nitrogens with zero attached hydrogens (tertiary/aromatic N) is 2. The smallest absolute Gasteiger partial charge is 0.133 e. The molecule has 0 aliphatic heterocycles. The summed E-state index contributed by atoms with van der Waals surface area (Å²) in [5.41, 5.74) is 9.30. The molecule has 2 aromatic heterocycles. The lowest BCUT2D eigenvalue weighted by atomic mass is 10.1. The molecule has 6 heteroatoms. The molecule has 0 saturated carbocycles. The number of H-pyrrole nitrogens is 1. The maximum atomic E-state index is 10.8. The number of aliphatic hydroxyl groups is 1. The maximum absolute atomic E-state index is 10.8. The van der Waals surface area contributed by atoms with Gasteiger partial charge in [0, 0.05) is 16.8 Å². The van der Waals surface area contributed by atoms with Crippen molar-refractivity contribution in [2.24, 2.45) is 0 Å². The van der Waals surface area contributed by atoms with E-state index in [4.69, 9.17) is 10.5 Å². The van der Waals surface area contributed by atoms with Gasteiger partial charge in [0.25, 0.3) is 0 Å². The van der Waals surface area contributed by atoms with E-state index >= 15 is 0 Å². The number of nitrogen functional groups attached to an aromatic ring is 1. The number of hydrogen-bond donors (Lipinski definition) is 3. The van der Waals surface area contributed by atoms with Crippen molar-refractivity contribution < 1.29 is 9.84 Å². The summed E-state index contributed by atoms with van der Waals surface area (Å²) in [6, 6.07) is 17.3. The predicted molar refractivity (Wildman–Crippen MR) is 106 cm³/mol. The molecule has 0 spiro atoms. The van der Waals surface area contributed by atoms with Crippen LogP contribution in [0.2, 0.25) is 0 Å². The molecule has 2 heterocycles. The van der Waals surface area contributed by atoms with Crippen molar-refractivity contribution in [1.29, 1.82) is 0 Å². The molecule has 0 fully saturated rings. The van der Waals surface area contributed by atoms with Gasteiger partial charge in [-0.1, -0.05) is 18.2 Å². The summed E-state index contributed by atoms with van der Waals surface area (Å²) in [5, 5.41) is 16.2. The second-order valence-electron chi connectivity index (χ2n) is 6.77. The Balaban J connectivity index is 1.63. The van der Waals surface area contributed by atoms with Crippen LogP contribution in [0.4, 0.5) is 5.82 Å². The number of anilines is 1. The van der Waals surface area contributed by atoms with Gasteiger partial charge < -0.3 is 20.6 Å². The number of rotatable bonds is 5. The van der Waals surface area contributed by atoms with E-state index in [2.05, 4.69) is 10.1 Å². The Bertz CT molecular complexity index is 1030. The van der Waals surface area contributed by atoms with Gasteiger partial charge in [0.05, 0.1) is 18.0 Å². The van der Waals surface area contributed by atoms with Gasteiger partial charge in [0.2, 0.25) is 0 Å². The second kappa shape index (κ2) is 6.81. The number of aromatic nitrogens is 3. The Labute approximate surface area is 157 Å². The molecule has 6 nitrogen and oxygen atoms in total. The number of fused-ring (bicyclic) bond motifs is 1. The Morgan fingerprint density at radius 2 is 1.85 bits per heavy atom. The zero-order chi connectivity index (χ0) is 19.0. The molecule has 0 bridgehead atoms. The van der Waals surface area contributed by atoms with E-state index in [1.54, 1.807) is 10.9 Å². The van der Waals surface area contributed by atoms with Crippen molar-refractivity contribution in [1.82, 2.24) is 14.8 Å². The number of aliphatic hydroxyl groups excluding tert-OH is 1. The SMILES string of the molecule is CC(C)Oc1ccc(-n2ncc(C(O)c3cc4ccccc4[nH]3)c2N)cc1. The summed E-state index contributed by atoms with van der Waals surface area (Å²) in [5.74, 6) is 1.19. The predicted octanol–water partition coefficient (Wildman–Crippen LogP) is 3.80. The molecule has 138 valence electrons. The van der Waals surface area contributed by atoms with Gasteiger partial charge >= 0.3 is 0 Å². The average Bonchev–Trinajstić information content (AvgIpc) is 3.25. The molecule has 1 atom stereocenters. The molecule has 0 radical (unpaired) electrons. The first-order chi connectivity index (χ1) is 13.0. The fourth-order valence-corrected chi connectivity index (χ4v) is 3.14. The molecule has 0 amide bonds. The number of aromatic amines is 1. The van der Waals surface area contributed by atoms with Crippen molar-refractivity contribution in [3.05, 3.63) is 72.1 Å². The van der Waals surface area contributed by atoms with Crippen LogP contribution in [-0.4, -0.2) is 26.0 Å². The quantitative estimate of drug-likeness (QED) is 0.504. The summed E-state index contributed by atoms with van der Waals surface area (Å²) < 4.78 is 7.27. The van der Waals surface area contributed by atoms with E-state index in [-0.39, 0.29) is 6.10 Å². The van der Waals surface area contributed by atoms with Gasteiger partial charge in [-0.2, -0.15) is 5.10 Å². The van der Waals surface area contributed by atoms with Crippen LogP contribution in [0, 0.1) is 0 Å². The van der Waals surface area contributed by atoms with Crippen LogP contribution in [0.1, 0.15) is 31.2 Å². The Hall–Kier alpha value is -3.25. The third-order valence-electron chi connectivity index (χ3n) is 4.43. The molecular formula is C21H22N4O2. The summed E-state index contributed by atoms with van der Waals surface area (Å²) >= 11 is 0. The van der Waals surface area contributed by atoms with Crippen LogP contribution in [0.5, 0.6) is 5.75 Å². The lowest BCUT2D eigenvalue weighted by Crippen LogP contribution is -2.07. The molecule has 0 aliphatic carbocycles. The normalized spacial score (nSPS) is 12.6. The zero-order valence-corrected chi connectivity index (χ0v) is 15.3. The van der Waals surface area contributed by atoms with Crippen LogP contribution in [0.15, 0.2) is 60.8 Å². The topological polar surface area (TPSA) is 89.1 Å². The first-order valence-corrected chi connectivity index (χ1v) is 8.89. The van der Waals surface area contributed by atoms with Crippen LogP contribution in [-0.2, 0) is 0 Å². The fourth-order valence-electron chi connectivity index (χ4n) is 3.14. The monoisotopic (exact) mass is 362 g/mol. The summed E-state index contributed by atoms with van der Waals surface area (Å²) in [4.78, 5) is 3.24. The van der Waals surface area contributed by atoms with Crippen LogP contribution in [0.3, 0.4) is 0 Å². The van der Waals surface area contributed by atoms with E-state index in [0.717, 1.165) is 22.3 Å². The molecule has 4 rings (SSSR count). The number of nitrogens with two attached hydrogens (primary N) is 1. The Kier molecular flexibility index (Phi) is 4.33. The van der Waals surface area contributed by atoms with E-state index in [1.807, 2.05) is 68.4 Å². The maximum Gasteiger partial charge on any atom is 0.133 e. The van der Waals surface area contributed by atoms with Crippen LogP contribution >= 0.6 is 0 Å². The second-order valence-corrected chi connectivity index (χ2v) is 6.77. The average molecular weight is 362 g/mol. The minimum atomic E-state index is -0.880. The molecule has 1 unspecified atom stereocenters. The minimum Gasteiger partial charge on any atom is -0.491 e. The highest BCUT2D eigenvalue weighted by Crippen LogP contribution is 2.30. The molecule has 0 aliphatic rings. The van der Waals surface area contributed by atoms with Crippen molar-refractivity contribution in [2.75, 3.05) is 5.73 Å². The van der Waals surface area contributed by atoms with Gasteiger partial charge in [-0.25, -0.2) is 4.68 Å². The summed E-state index contributed by atoms with van der Waals surface area (Å²) in [7, 11) is 0.